The number of nitrogens with one attached hydrogen (secondary N) is 1. The molecule has 2 N–H and O–H groups in total. The lowest BCUT2D eigenvalue weighted by Gasteiger charge is -2.52. The molecule has 0 amide bonds. The van der Waals surface area contributed by atoms with E-state index in [4.69, 9.17) is 5.11 Å². The predicted octanol–water partition coefficient (Wildman–Crippen LogP) is 3.18. The third-order valence-electron chi connectivity index (χ3n) is 4.13. The Bertz CT molecular complexity index is 285. The van der Waals surface area contributed by atoms with Crippen LogP contribution in [0.4, 0.5) is 0 Å². The van der Waals surface area contributed by atoms with E-state index < -0.39 is 5.97 Å². The van der Waals surface area contributed by atoms with Crippen LogP contribution in [0.15, 0.2) is 0 Å². The minimum absolute atomic E-state index is 0.197. The predicted molar refractivity (Wildman–Crippen MR) is 78.0 cm³/mol. The number of aliphatic carboxylic acids is 1. The van der Waals surface area contributed by atoms with E-state index >= 15 is 0 Å². The number of piperidine rings is 1. The van der Waals surface area contributed by atoms with Crippen LogP contribution in [0.25, 0.3) is 0 Å². The van der Waals surface area contributed by atoms with Gasteiger partial charge in [-0.3, -0.25) is 10.2 Å². The van der Waals surface area contributed by atoms with Gasteiger partial charge >= 0.3 is 5.97 Å². The quantitative estimate of drug-likeness (QED) is 0.698. The van der Waals surface area contributed by atoms with Crippen molar-refractivity contribution in [1.29, 1.82) is 0 Å². The second-order valence-corrected chi connectivity index (χ2v) is 6.93. The number of carbonyl (C=O) groups is 1. The standard InChI is InChI=1S/C15H30N2O2/c1-14(2)10-8-11-15(3,4)17(14)16-12-7-5-6-9-13(18)19/h16H,5-12H2,1-4H3,(H,18,19). The molecule has 112 valence electrons. The van der Waals surface area contributed by atoms with Crippen molar-refractivity contribution in [2.75, 3.05) is 6.54 Å². The van der Waals surface area contributed by atoms with Gasteiger partial charge in [0.25, 0.3) is 0 Å². The first-order valence-corrected chi connectivity index (χ1v) is 7.51. The van der Waals surface area contributed by atoms with Gasteiger partial charge in [-0.25, -0.2) is 5.01 Å². The molecule has 1 aliphatic rings. The zero-order valence-electron chi connectivity index (χ0n) is 13.0. The van der Waals surface area contributed by atoms with E-state index in [9.17, 15) is 4.79 Å². The Kier molecular flexibility index (Phi) is 5.81. The van der Waals surface area contributed by atoms with Crippen LogP contribution in [0.2, 0.25) is 0 Å². The first-order valence-electron chi connectivity index (χ1n) is 7.51. The Labute approximate surface area is 117 Å². The summed E-state index contributed by atoms with van der Waals surface area (Å²) in [6.07, 6.45) is 6.83. The van der Waals surface area contributed by atoms with Crippen LogP contribution in [-0.4, -0.2) is 33.7 Å². The molecule has 4 heteroatoms. The van der Waals surface area contributed by atoms with E-state index in [0.29, 0.717) is 6.42 Å². The topological polar surface area (TPSA) is 52.6 Å². The molecule has 1 fully saturated rings. The molecule has 0 saturated carbocycles. The molecular formula is C15H30N2O2. The summed E-state index contributed by atoms with van der Waals surface area (Å²) in [6, 6.07) is 0. The molecule has 0 aliphatic carbocycles. The fraction of sp³-hybridized carbons (Fsp3) is 0.933. The van der Waals surface area contributed by atoms with Crippen molar-refractivity contribution in [3.05, 3.63) is 0 Å². The lowest BCUT2D eigenvalue weighted by molar-refractivity contribution is -0.137. The highest BCUT2D eigenvalue weighted by atomic mass is 16.4. The zero-order chi connectivity index (χ0) is 14.5. The van der Waals surface area contributed by atoms with Crippen molar-refractivity contribution in [2.45, 2.75) is 83.7 Å². The lowest BCUT2D eigenvalue weighted by atomic mass is 9.81. The number of carboxylic acid groups (broad SMARTS) is 1. The molecule has 0 aromatic carbocycles. The summed E-state index contributed by atoms with van der Waals surface area (Å²) in [6.45, 7) is 10.1. The molecule has 0 aromatic rings. The van der Waals surface area contributed by atoms with Crippen LogP contribution >= 0.6 is 0 Å². The number of nitrogens with zero attached hydrogens (tertiary/aromatic N) is 1. The molecule has 0 spiro atoms. The largest absolute Gasteiger partial charge is 0.481 e. The molecular weight excluding hydrogens is 240 g/mol. The van der Waals surface area contributed by atoms with Crippen LogP contribution in [0.3, 0.4) is 0 Å². The van der Waals surface area contributed by atoms with Crippen LogP contribution in [-0.2, 0) is 4.79 Å². The van der Waals surface area contributed by atoms with E-state index in [1.807, 2.05) is 0 Å². The second-order valence-electron chi connectivity index (χ2n) is 6.93. The summed E-state index contributed by atoms with van der Waals surface area (Å²) in [5, 5.41) is 11.0. The van der Waals surface area contributed by atoms with Crippen LogP contribution in [0, 0.1) is 0 Å². The van der Waals surface area contributed by atoms with Gasteiger partial charge in [-0.15, -0.1) is 0 Å². The first kappa shape index (κ1) is 16.4. The number of carboxylic acids is 1. The van der Waals surface area contributed by atoms with Crippen molar-refractivity contribution < 1.29 is 9.90 Å². The molecule has 0 aromatic heterocycles. The third kappa shape index (κ3) is 5.11. The van der Waals surface area contributed by atoms with Crippen molar-refractivity contribution in [3.8, 4) is 0 Å². The van der Waals surface area contributed by atoms with Crippen LogP contribution in [0.5, 0.6) is 0 Å². The maximum Gasteiger partial charge on any atom is 0.303 e. The van der Waals surface area contributed by atoms with Crippen LogP contribution in [0.1, 0.15) is 72.6 Å². The Morgan fingerprint density at radius 2 is 1.68 bits per heavy atom. The number of unbranched alkanes of at least 4 members (excludes halogenated alkanes) is 2. The second kappa shape index (κ2) is 6.71. The van der Waals surface area contributed by atoms with Gasteiger partial charge in [0.05, 0.1) is 0 Å². The molecule has 0 radical (unpaired) electrons. The maximum absolute atomic E-state index is 10.4. The van der Waals surface area contributed by atoms with E-state index in [0.717, 1.165) is 25.8 Å². The van der Waals surface area contributed by atoms with Gasteiger partial charge in [0.1, 0.15) is 0 Å². The Balaban J connectivity index is 2.31. The molecule has 1 heterocycles. The summed E-state index contributed by atoms with van der Waals surface area (Å²) < 4.78 is 0. The first-order chi connectivity index (χ1) is 8.76. The monoisotopic (exact) mass is 270 g/mol. The number of hydrazine groups is 1. The van der Waals surface area contributed by atoms with Gasteiger partial charge in [-0.2, -0.15) is 0 Å². The molecule has 0 atom stereocenters. The molecule has 1 rings (SSSR count). The number of rotatable bonds is 7. The average Bonchev–Trinajstić information content (AvgIpc) is 2.24. The molecule has 1 aliphatic heterocycles. The van der Waals surface area contributed by atoms with Gasteiger partial charge in [-0.05, 0) is 59.8 Å². The van der Waals surface area contributed by atoms with Gasteiger partial charge in [0.2, 0.25) is 0 Å². The van der Waals surface area contributed by atoms with E-state index in [2.05, 4.69) is 38.1 Å². The van der Waals surface area contributed by atoms with E-state index in [1.54, 1.807) is 0 Å². The Hall–Kier alpha value is -0.610. The highest BCUT2D eigenvalue weighted by Crippen LogP contribution is 2.36. The smallest absolute Gasteiger partial charge is 0.303 e. The highest BCUT2D eigenvalue weighted by Gasteiger charge is 2.40. The van der Waals surface area contributed by atoms with Gasteiger partial charge < -0.3 is 5.11 Å². The Morgan fingerprint density at radius 1 is 1.11 bits per heavy atom. The van der Waals surface area contributed by atoms with Crippen LogP contribution < -0.4 is 5.43 Å². The van der Waals surface area contributed by atoms with Crippen molar-refractivity contribution in [3.63, 3.8) is 0 Å². The zero-order valence-corrected chi connectivity index (χ0v) is 13.0. The fourth-order valence-corrected chi connectivity index (χ4v) is 3.19. The third-order valence-corrected chi connectivity index (χ3v) is 4.13. The minimum Gasteiger partial charge on any atom is -0.481 e. The molecule has 0 unspecified atom stereocenters. The summed E-state index contributed by atoms with van der Waals surface area (Å²) >= 11 is 0. The average molecular weight is 270 g/mol. The SMILES string of the molecule is CC1(C)CCCC(C)(C)N1NCCCCCC(=O)O. The summed E-state index contributed by atoms with van der Waals surface area (Å²) in [7, 11) is 0. The van der Waals surface area contributed by atoms with E-state index in [-0.39, 0.29) is 11.1 Å². The lowest BCUT2D eigenvalue weighted by Crippen LogP contribution is -2.64. The van der Waals surface area contributed by atoms with Gasteiger partial charge in [-0.1, -0.05) is 6.42 Å². The highest BCUT2D eigenvalue weighted by molar-refractivity contribution is 5.66. The minimum atomic E-state index is -0.689. The molecule has 0 bridgehead atoms. The normalized spacial score (nSPS) is 22.3. The van der Waals surface area contributed by atoms with E-state index in [1.165, 1.54) is 19.3 Å². The molecule has 4 nitrogen and oxygen atoms in total. The number of hydrogen-bond donors (Lipinski definition) is 2. The van der Waals surface area contributed by atoms with Gasteiger partial charge in [0, 0.05) is 24.0 Å². The van der Waals surface area contributed by atoms with Crippen molar-refractivity contribution >= 4 is 5.97 Å². The summed E-state index contributed by atoms with van der Waals surface area (Å²) in [5.74, 6) is -0.689. The van der Waals surface area contributed by atoms with Gasteiger partial charge in [0.15, 0.2) is 0 Å². The summed E-state index contributed by atoms with van der Waals surface area (Å²) in [5.41, 5.74) is 3.97. The van der Waals surface area contributed by atoms with Crippen molar-refractivity contribution in [1.82, 2.24) is 10.4 Å². The molecule has 19 heavy (non-hydrogen) atoms. The Morgan fingerprint density at radius 3 is 2.21 bits per heavy atom. The number of hydrogen-bond acceptors (Lipinski definition) is 3. The van der Waals surface area contributed by atoms with Crippen molar-refractivity contribution in [2.24, 2.45) is 0 Å². The summed E-state index contributed by atoms with van der Waals surface area (Å²) in [4.78, 5) is 10.4. The molecule has 1 saturated heterocycles. The maximum atomic E-state index is 10.4. The fourth-order valence-electron chi connectivity index (χ4n) is 3.19.